The lowest BCUT2D eigenvalue weighted by Crippen LogP contribution is -2.33. The third-order valence-electron chi connectivity index (χ3n) is 3.94. The lowest BCUT2D eigenvalue weighted by atomic mass is 9.75. The van der Waals surface area contributed by atoms with Gasteiger partial charge in [0.2, 0.25) is 6.54 Å². The molecule has 1 N–H and O–H groups in total. The van der Waals surface area contributed by atoms with Crippen molar-refractivity contribution in [3.8, 4) is 0 Å². The summed E-state index contributed by atoms with van der Waals surface area (Å²) < 4.78 is 0. The van der Waals surface area contributed by atoms with Gasteiger partial charge in [0.25, 0.3) is 0 Å². The van der Waals surface area contributed by atoms with Crippen molar-refractivity contribution < 1.29 is 10.0 Å². The molecule has 3 atom stereocenters. The number of halogens is 1. The molecule has 2 rings (SSSR count). The predicted molar refractivity (Wildman–Crippen MR) is 74.0 cm³/mol. The Morgan fingerprint density at radius 1 is 1.32 bits per heavy atom. The minimum absolute atomic E-state index is 0.0275. The van der Waals surface area contributed by atoms with Crippen LogP contribution in [0.2, 0.25) is 5.02 Å². The van der Waals surface area contributed by atoms with Gasteiger partial charge in [0.1, 0.15) is 0 Å². The maximum atomic E-state index is 10.9. The summed E-state index contributed by atoms with van der Waals surface area (Å²) in [5.41, 5.74) is 0.895. The van der Waals surface area contributed by atoms with Crippen LogP contribution in [0, 0.1) is 16.0 Å². The van der Waals surface area contributed by atoms with E-state index in [1.807, 2.05) is 12.1 Å². The topological polar surface area (TPSA) is 63.4 Å². The molecule has 1 saturated carbocycles. The second-order valence-corrected chi connectivity index (χ2v) is 5.63. The van der Waals surface area contributed by atoms with Crippen molar-refractivity contribution in [1.82, 2.24) is 0 Å². The van der Waals surface area contributed by atoms with Crippen molar-refractivity contribution in [2.75, 3.05) is 6.54 Å². The molecule has 0 spiro atoms. The highest BCUT2D eigenvalue weighted by atomic mass is 35.5. The molecule has 104 valence electrons. The smallest absolute Gasteiger partial charge is 0.211 e. The fraction of sp³-hybridized carbons (Fsp3) is 0.571. The van der Waals surface area contributed by atoms with Crippen LogP contribution in [0.3, 0.4) is 0 Å². The Labute approximate surface area is 117 Å². The molecule has 1 fully saturated rings. The molecule has 3 unspecified atom stereocenters. The van der Waals surface area contributed by atoms with Crippen LogP contribution in [0.1, 0.15) is 37.2 Å². The molecule has 0 bridgehead atoms. The normalized spacial score (nSPS) is 24.9. The van der Waals surface area contributed by atoms with Crippen LogP contribution >= 0.6 is 11.6 Å². The zero-order valence-electron chi connectivity index (χ0n) is 10.7. The lowest BCUT2D eigenvalue weighted by Gasteiger charge is -2.32. The van der Waals surface area contributed by atoms with Gasteiger partial charge in [0.05, 0.1) is 12.0 Å². The van der Waals surface area contributed by atoms with Crippen molar-refractivity contribution >= 4 is 11.6 Å². The van der Waals surface area contributed by atoms with E-state index in [1.165, 1.54) is 0 Å². The molecule has 0 amide bonds. The standard InChI is InChI=1S/C14H18ClNO3/c15-11-7-5-10(6-8-11)13(9-16(18)19)12-3-1-2-4-14(12)17/h5-8,12-14,17H,1-4,9H2. The number of benzene rings is 1. The van der Waals surface area contributed by atoms with Gasteiger partial charge in [-0.15, -0.1) is 0 Å². The maximum Gasteiger partial charge on any atom is 0.211 e. The highest BCUT2D eigenvalue weighted by Crippen LogP contribution is 2.36. The fourth-order valence-corrected chi connectivity index (χ4v) is 3.09. The summed E-state index contributed by atoms with van der Waals surface area (Å²) >= 11 is 5.85. The summed E-state index contributed by atoms with van der Waals surface area (Å²) in [6, 6.07) is 7.16. The molecule has 1 aromatic carbocycles. The van der Waals surface area contributed by atoms with Gasteiger partial charge >= 0.3 is 0 Å². The summed E-state index contributed by atoms with van der Waals surface area (Å²) in [7, 11) is 0. The highest BCUT2D eigenvalue weighted by Gasteiger charge is 2.34. The Balaban J connectivity index is 2.24. The van der Waals surface area contributed by atoms with Crippen LogP contribution in [0.4, 0.5) is 0 Å². The molecular weight excluding hydrogens is 266 g/mol. The summed E-state index contributed by atoms with van der Waals surface area (Å²) in [5, 5.41) is 21.6. The van der Waals surface area contributed by atoms with Crippen LogP contribution in [0.15, 0.2) is 24.3 Å². The van der Waals surface area contributed by atoms with E-state index >= 15 is 0 Å². The SMILES string of the molecule is O=[N+]([O-])CC(c1ccc(Cl)cc1)C1CCCCC1O. The van der Waals surface area contributed by atoms with E-state index in [0.717, 1.165) is 31.2 Å². The van der Waals surface area contributed by atoms with Gasteiger partial charge in [-0.3, -0.25) is 10.1 Å². The number of hydrogen-bond donors (Lipinski definition) is 1. The van der Waals surface area contributed by atoms with Gasteiger partial charge in [0.15, 0.2) is 0 Å². The Morgan fingerprint density at radius 2 is 1.95 bits per heavy atom. The Bertz CT molecular complexity index is 435. The van der Waals surface area contributed by atoms with Crippen LogP contribution in [0.25, 0.3) is 0 Å². The van der Waals surface area contributed by atoms with Crippen LogP contribution < -0.4 is 0 Å². The van der Waals surface area contributed by atoms with E-state index in [-0.39, 0.29) is 23.3 Å². The molecule has 0 aromatic heterocycles. The number of aliphatic hydroxyl groups excluding tert-OH is 1. The van der Waals surface area contributed by atoms with E-state index < -0.39 is 6.10 Å². The van der Waals surface area contributed by atoms with Crippen molar-refractivity contribution in [2.45, 2.75) is 37.7 Å². The van der Waals surface area contributed by atoms with Crippen LogP contribution in [0.5, 0.6) is 0 Å². The van der Waals surface area contributed by atoms with Crippen molar-refractivity contribution in [2.24, 2.45) is 5.92 Å². The van der Waals surface area contributed by atoms with Gasteiger partial charge in [-0.05, 0) is 36.5 Å². The number of hydrogen-bond acceptors (Lipinski definition) is 3. The maximum absolute atomic E-state index is 10.9. The van der Waals surface area contributed by atoms with Gasteiger partial charge in [0, 0.05) is 9.95 Å². The minimum Gasteiger partial charge on any atom is -0.393 e. The molecule has 19 heavy (non-hydrogen) atoms. The molecule has 0 saturated heterocycles. The predicted octanol–water partition coefficient (Wildman–Crippen LogP) is 3.25. The Morgan fingerprint density at radius 3 is 2.53 bits per heavy atom. The Hall–Kier alpha value is -1.13. The summed E-state index contributed by atoms with van der Waals surface area (Å²) in [5.74, 6) is -0.261. The van der Waals surface area contributed by atoms with Gasteiger partial charge in [-0.1, -0.05) is 36.6 Å². The van der Waals surface area contributed by atoms with Crippen LogP contribution in [-0.2, 0) is 0 Å². The second-order valence-electron chi connectivity index (χ2n) is 5.19. The third-order valence-corrected chi connectivity index (χ3v) is 4.19. The fourth-order valence-electron chi connectivity index (χ4n) is 2.97. The number of aliphatic hydroxyl groups is 1. The zero-order chi connectivity index (χ0) is 13.8. The first kappa shape index (κ1) is 14.3. The summed E-state index contributed by atoms with van der Waals surface area (Å²) in [4.78, 5) is 10.6. The van der Waals surface area contributed by atoms with E-state index in [1.54, 1.807) is 12.1 Å². The van der Waals surface area contributed by atoms with E-state index in [0.29, 0.717) is 5.02 Å². The second kappa shape index (κ2) is 6.35. The molecule has 1 aromatic rings. The molecule has 4 nitrogen and oxygen atoms in total. The first-order chi connectivity index (χ1) is 9.08. The molecule has 0 aliphatic heterocycles. The number of nitro groups is 1. The van der Waals surface area contributed by atoms with Gasteiger partial charge < -0.3 is 5.11 Å². The molecule has 1 aliphatic carbocycles. The highest BCUT2D eigenvalue weighted by molar-refractivity contribution is 6.30. The van der Waals surface area contributed by atoms with E-state index in [9.17, 15) is 15.2 Å². The van der Waals surface area contributed by atoms with Crippen molar-refractivity contribution in [3.05, 3.63) is 45.0 Å². The molecule has 5 heteroatoms. The lowest BCUT2D eigenvalue weighted by molar-refractivity contribution is -0.485. The first-order valence-electron chi connectivity index (χ1n) is 6.63. The molecular formula is C14H18ClNO3. The summed E-state index contributed by atoms with van der Waals surface area (Å²) in [6.45, 7) is -0.136. The average molecular weight is 284 g/mol. The molecule has 0 heterocycles. The van der Waals surface area contributed by atoms with E-state index in [4.69, 9.17) is 11.6 Å². The van der Waals surface area contributed by atoms with Gasteiger partial charge in [-0.25, -0.2) is 0 Å². The molecule has 0 radical (unpaired) electrons. The minimum atomic E-state index is -0.436. The quantitative estimate of drug-likeness (QED) is 0.681. The number of rotatable bonds is 4. The summed E-state index contributed by atoms with van der Waals surface area (Å²) in [6.07, 6.45) is 3.19. The molecule has 1 aliphatic rings. The van der Waals surface area contributed by atoms with Crippen LogP contribution in [-0.4, -0.2) is 22.7 Å². The first-order valence-corrected chi connectivity index (χ1v) is 7.01. The Kier molecular flexibility index (Phi) is 4.77. The van der Waals surface area contributed by atoms with E-state index in [2.05, 4.69) is 0 Å². The third kappa shape index (κ3) is 3.67. The zero-order valence-corrected chi connectivity index (χ0v) is 11.4. The van der Waals surface area contributed by atoms with Gasteiger partial charge in [-0.2, -0.15) is 0 Å². The monoisotopic (exact) mass is 283 g/mol. The average Bonchev–Trinajstić information content (AvgIpc) is 2.38. The van der Waals surface area contributed by atoms with Crippen molar-refractivity contribution in [3.63, 3.8) is 0 Å². The number of nitrogens with zero attached hydrogens (tertiary/aromatic N) is 1. The van der Waals surface area contributed by atoms with Crippen molar-refractivity contribution in [1.29, 1.82) is 0 Å². The largest absolute Gasteiger partial charge is 0.393 e.